The van der Waals surface area contributed by atoms with Gasteiger partial charge in [0.15, 0.2) is 0 Å². The molecule has 0 saturated carbocycles. The normalized spacial score (nSPS) is 21.5. The van der Waals surface area contributed by atoms with Crippen LogP contribution in [0, 0.1) is 0 Å². The molecule has 0 fully saturated rings. The van der Waals surface area contributed by atoms with E-state index in [1.807, 2.05) is 0 Å². The molecule has 5 nitrogen and oxygen atoms in total. The number of hydrazine groups is 1. The summed E-state index contributed by atoms with van der Waals surface area (Å²) in [6.45, 7) is 0. The van der Waals surface area contributed by atoms with E-state index in [2.05, 4.69) is 0 Å². The van der Waals surface area contributed by atoms with Gasteiger partial charge in [-0.2, -0.15) is 4.41 Å². The van der Waals surface area contributed by atoms with Crippen LogP contribution in [0.5, 0.6) is 0 Å². The maximum absolute atomic E-state index is 11.3. The van der Waals surface area contributed by atoms with Crippen LogP contribution in [0.4, 0.5) is 0 Å². The van der Waals surface area contributed by atoms with Crippen LogP contribution in [0.3, 0.4) is 0 Å². The second-order valence-electron chi connectivity index (χ2n) is 2.65. The highest BCUT2D eigenvalue weighted by molar-refractivity contribution is 8.23. The molecule has 1 aromatic rings. The molecule has 0 radical (unpaired) electrons. The molecule has 0 spiro atoms. The number of fused-ring (bicyclic) bond motifs is 1. The number of rotatable bonds is 0. The zero-order valence-electron chi connectivity index (χ0n) is 6.54. The Morgan fingerprint density at radius 3 is 2.54 bits per heavy atom. The van der Waals surface area contributed by atoms with Crippen molar-refractivity contribution in [2.75, 3.05) is 0 Å². The predicted octanol–water partition coefficient (Wildman–Crippen LogP) is 1.04. The number of hydrogen-bond donors (Lipinski definition) is 3. The first-order valence-corrected chi connectivity index (χ1v) is 5.02. The molecule has 0 aliphatic carbocycles. The molecular formula is C7H8N2O3S. The van der Waals surface area contributed by atoms with Crippen LogP contribution < -0.4 is 5.84 Å². The van der Waals surface area contributed by atoms with Gasteiger partial charge in [-0.25, -0.2) is 5.84 Å². The van der Waals surface area contributed by atoms with Crippen molar-refractivity contribution in [2.45, 2.75) is 4.90 Å². The Hall–Kier alpha value is -1.08. The summed E-state index contributed by atoms with van der Waals surface area (Å²) in [5.74, 6) is 4.67. The number of amides is 1. The summed E-state index contributed by atoms with van der Waals surface area (Å²) in [6, 6.07) is 6.26. The van der Waals surface area contributed by atoms with E-state index in [-0.39, 0.29) is 10.5 Å². The van der Waals surface area contributed by atoms with Crippen molar-refractivity contribution in [3.8, 4) is 0 Å². The van der Waals surface area contributed by atoms with Crippen molar-refractivity contribution < 1.29 is 13.9 Å². The Morgan fingerprint density at radius 1 is 1.31 bits per heavy atom. The summed E-state index contributed by atoms with van der Waals surface area (Å²) in [4.78, 5) is 11.5. The average Bonchev–Trinajstić information content (AvgIpc) is 2.30. The minimum absolute atomic E-state index is 0.197. The van der Waals surface area contributed by atoms with Crippen LogP contribution >= 0.6 is 10.8 Å². The fraction of sp³-hybridized carbons (Fsp3) is 0. The Balaban J connectivity index is 2.68. The summed E-state index contributed by atoms with van der Waals surface area (Å²) >= 11 is 0. The Morgan fingerprint density at radius 2 is 1.92 bits per heavy atom. The highest BCUT2D eigenvalue weighted by Gasteiger charge is 2.39. The molecule has 1 heterocycles. The van der Waals surface area contributed by atoms with Gasteiger partial charge in [0.2, 0.25) is 0 Å². The monoisotopic (exact) mass is 200 g/mol. The Labute approximate surface area is 76.2 Å². The van der Waals surface area contributed by atoms with Gasteiger partial charge in [-0.15, -0.1) is 0 Å². The number of carbonyl (C=O) groups excluding carboxylic acids is 1. The number of carbonyl (C=O) groups is 1. The van der Waals surface area contributed by atoms with Crippen molar-refractivity contribution in [1.82, 2.24) is 4.41 Å². The molecule has 0 aromatic heterocycles. The minimum atomic E-state index is -3.27. The van der Waals surface area contributed by atoms with Crippen LogP contribution in [-0.4, -0.2) is 19.4 Å². The topological polar surface area (TPSA) is 86.8 Å². The fourth-order valence-corrected chi connectivity index (χ4v) is 2.48. The minimum Gasteiger partial charge on any atom is -0.276 e. The molecule has 1 aromatic carbocycles. The SMILES string of the molecule is NN1C(=O)c2ccccc2S1(O)O. The van der Waals surface area contributed by atoms with E-state index < -0.39 is 16.7 Å². The number of nitrogens with two attached hydrogens (primary N) is 1. The molecule has 0 bridgehead atoms. The lowest BCUT2D eigenvalue weighted by molar-refractivity contribution is 0.0862. The molecule has 2 rings (SSSR count). The lowest BCUT2D eigenvalue weighted by Crippen LogP contribution is -2.33. The highest BCUT2D eigenvalue weighted by atomic mass is 32.3. The van der Waals surface area contributed by atoms with Crippen molar-refractivity contribution in [1.29, 1.82) is 0 Å². The number of nitrogens with zero attached hydrogens (tertiary/aromatic N) is 1. The van der Waals surface area contributed by atoms with Crippen molar-refractivity contribution in [2.24, 2.45) is 5.84 Å². The molecule has 70 valence electrons. The van der Waals surface area contributed by atoms with E-state index in [9.17, 15) is 13.9 Å². The van der Waals surface area contributed by atoms with Crippen LogP contribution in [0.2, 0.25) is 0 Å². The number of hydrogen-bond acceptors (Lipinski definition) is 4. The summed E-state index contributed by atoms with van der Waals surface area (Å²) < 4.78 is 19.5. The smallest absolute Gasteiger partial charge is 0.276 e. The molecular weight excluding hydrogens is 192 g/mol. The van der Waals surface area contributed by atoms with Gasteiger partial charge in [0.1, 0.15) is 0 Å². The summed E-state index contributed by atoms with van der Waals surface area (Å²) in [5.41, 5.74) is 0.255. The molecule has 1 aliphatic heterocycles. The lowest BCUT2D eigenvalue weighted by Gasteiger charge is -2.32. The molecule has 0 saturated heterocycles. The Kier molecular flexibility index (Phi) is 1.61. The van der Waals surface area contributed by atoms with Gasteiger partial charge < -0.3 is 0 Å². The lowest BCUT2D eigenvalue weighted by atomic mass is 10.2. The second-order valence-corrected chi connectivity index (χ2v) is 4.52. The largest absolute Gasteiger partial charge is 0.288 e. The maximum atomic E-state index is 11.3. The molecule has 1 aliphatic rings. The van der Waals surface area contributed by atoms with E-state index >= 15 is 0 Å². The zero-order chi connectivity index (χ0) is 9.64. The average molecular weight is 200 g/mol. The van der Waals surface area contributed by atoms with Gasteiger partial charge in [-0.3, -0.25) is 13.9 Å². The molecule has 4 N–H and O–H groups in total. The van der Waals surface area contributed by atoms with E-state index in [0.717, 1.165) is 0 Å². The second kappa shape index (κ2) is 2.46. The van der Waals surface area contributed by atoms with Gasteiger partial charge in [0.05, 0.1) is 10.5 Å². The summed E-state index contributed by atoms with van der Waals surface area (Å²) in [6.07, 6.45) is 0. The van der Waals surface area contributed by atoms with E-state index in [4.69, 9.17) is 5.84 Å². The first kappa shape index (κ1) is 8.52. The fourth-order valence-electron chi connectivity index (χ4n) is 1.22. The third-order valence-electron chi connectivity index (χ3n) is 1.89. The van der Waals surface area contributed by atoms with Crippen LogP contribution in [0.1, 0.15) is 10.4 Å². The van der Waals surface area contributed by atoms with E-state index in [1.165, 1.54) is 12.1 Å². The van der Waals surface area contributed by atoms with Crippen molar-refractivity contribution >= 4 is 16.7 Å². The van der Waals surface area contributed by atoms with Gasteiger partial charge in [-0.05, 0) is 12.1 Å². The quantitative estimate of drug-likeness (QED) is 0.431. The maximum Gasteiger partial charge on any atom is 0.288 e. The predicted molar refractivity (Wildman–Crippen MR) is 47.9 cm³/mol. The zero-order valence-corrected chi connectivity index (χ0v) is 7.36. The van der Waals surface area contributed by atoms with Crippen LogP contribution in [-0.2, 0) is 0 Å². The highest BCUT2D eigenvalue weighted by Crippen LogP contribution is 2.56. The molecule has 0 atom stereocenters. The van der Waals surface area contributed by atoms with Crippen molar-refractivity contribution in [3.63, 3.8) is 0 Å². The molecule has 0 unspecified atom stereocenters. The van der Waals surface area contributed by atoms with E-state index in [0.29, 0.717) is 4.41 Å². The van der Waals surface area contributed by atoms with Crippen LogP contribution in [0.25, 0.3) is 0 Å². The number of benzene rings is 1. The Bertz CT molecular complexity index is 380. The molecule has 13 heavy (non-hydrogen) atoms. The molecule has 1 amide bonds. The standard InChI is InChI=1S/C7H8N2O3S/c8-9-7(10)5-3-1-2-4-6(5)13(9,11)12/h1-4,11-12H,8H2. The summed E-state index contributed by atoms with van der Waals surface area (Å²) in [7, 11) is -3.27. The van der Waals surface area contributed by atoms with Gasteiger partial charge in [0, 0.05) is 0 Å². The third-order valence-corrected chi connectivity index (χ3v) is 3.55. The molecule has 6 heteroatoms. The first-order chi connectivity index (χ1) is 6.05. The van der Waals surface area contributed by atoms with Crippen molar-refractivity contribution in [3.05, 3.63) is 29.8 Å². The van der Waals surface area contributed by atoms with Gasteiger partial charge >= 0.3 is 0 Å². The van der Waals surface area contributed by atoms with Gasteiger partial charge in [-0.1, -0.05) is 22.9 Å². The first-order valence-electron chi connectivity index (χ1n) is 3.52. The van der Waals surface area contributed by atoms with Gasteiger partial charge in [0.25, 0.3) is 5.91 Å². The van der Waals surface area contributed by atoms with Crippen LogP contribution in [0.15, 0.2) is 29.2 Å². The third kappa shape index (κ3) is 0.971. The van der Waals surface area contributed by atoms with E-state index in [1.54, 1.807) is 12.1 Å². The summed E-state index contributed by atoms with van der Waals surface area (Å²) in [5, 5.41) is 0.